The Hall–Kier alpha value is -3.73. The summed E-state index contributed by atoms with van der Waals surface area (Å²) in [4.78, 5) is 31.7. The molecule has 1 atom stereocenters. The quantitative estimate of drug-likeness (QED) is 0.490. The highest BCUT2D eigenvalue weighted by atomic mass is 32.2. The summed E-state index contributed by atoms with van der Waals surface area (Å²) in [6.07, 6.45) is -2.83. The zero-order valence-corrected chi connectivity index (χ0v) is 20.2. The van der Waals surface area contributed by atoms with Gasteiger partial charge in [0, 0.05) is 11.8 Å². The van der Waals surface area contributed by atoms with E-state index in [9.17, 15) is 22.8 Å². The molecule has 0 bridgehead atoms. The molecule has 188 valence electrons. The summed E-state index contributed by atoms with van der Waals surface area (Å²) in [5.41, 5.74) is 0.0840. The summed E-state index contributed by atoms with van der Waals surface area (Å²) in [7, 11) is 0. The van der Waals surface area contributed by atoms with Gasteiger partial charge in [0.15, 0.2) is 11.8 Å². The van der Waals surface area contributed by atoms with Crippen LogP contribution in [0, 0.1) is 0 Å². The highest BCUT2D eigenvalue weighted by molar-refractivity contribution is 8.16. The van der Waals surface area contributed by atoms with Crippen molar-refractivity contribution in [1.29, 1.82) is 0 Å². The van der Waals surface area contributed by atoms with Crippen LogP contribution in [0.2, 0.25) is 0 Å². The first-order valence-electron chi connectivity index (χ1n) is 11.0. The van der Waals surface area contributed by atoms with E-state index in [1.165, 1.54) is 30.0 Å². The van der Waals surface area contributed by atoms with E-state index in [1.54, 1.807) is 44.3 Å². The molecule has 0 aliphatic carbocycles. The zero-order valence-electron chi connectivity index (χ0n) is 19.3. The van der Waals surface area contributed by atoms with E-state index in [-0.39, 0.29) is 12.3 Å². The number of para-hydroxylation sites is 2. The maximum absolute atomic E-state index is 13.3. The monoisotopic (exact) mass is 517 g/mol. The van der Waals surface area contributed by atoms with Gasteiger partial charge >= 0.3 is 12.1 Å². The predicted octanol–water partition coefficient (Wildman–Crippen LogP) is 5.49. The normalized spacial score (nSPS) is 17.0. The Balaban J connectivity index is 1.59. The van der Waals surface area contributed by atoms with Gasteiger partial charge in [-0.25, -0.2) is 9.79 Å². The number of thioether (sulfide) groups is 1. The van der Waals surface area contributed by atoms with Crippen LogP contribution < -0.4 is 10.1 Å². The minimum Gasteiger partial charge on any atom is -0.483 e. The molecule has 0 fully saturated rings. The molecule has 0 saturated carbocycles. The van der Waals surface area contributed by atoms with Crippen molar-refractivity contribution in [2.75, 3.05) is 18.5 Å². The molecule has 4 rings (SSSR count). The number of esters is 1. The second-order valence-corrected chi connectivity index (χ2v) is 8.62. The summed E-state index contributed by atoms with van der Waals surface area (Å²) < 4.78 is 50.8. The summed E-state index contributed by atoms with van der Waals surface area (Å²) in [6.45, 7) is 3.07. The number of allylic oxidation sites excluding steroid dienone is 1. The van der Waals surface area contributed by atoms with Gasteiger partial charge in [-0.05, 0) is 37.5 Å². The van der Waals surface area contributed by atoms with Crippen molar-refractivity contribution in [2.45, 2.75) is 26.1 Å². The number of ether oxygens (including phenoxy) is 2. The van der Waals surface area contributed by atoms with E-state index in [0.29, 0.717) is 27.8 Å². The third kappa shape index (κ3) is 5.25. The van der Waals surface area contributed by atoms with Crippen LogP contribution in [0.3, 0.4) is 0 Å². The first kappa shape index (κ1) is 25.4. The molecule has 2 aliphatic rings. The fourth-order valence-electron chi connectivity index (χ4n) is 3.88. The van der Waals surface area contributed by atoms with Crippen molar-refractivity contribution < 1.29 is 32.2 Å². The van der Waals surface area contributed by atoms with Gasteiger partial charge in [-0.3, -0.25) is 4.79 Å². The van der Waals surface area contributed by atoms with Gasteiger partial charge in [-0.2, -0.15) is 13.2 Å². The van der Waals surface area contributed by atoms with Gasteiger partial charge in [0.05, 0.1) is 35.2 Å². The lowest BCUT2D eigenvalue weighted by atomic mass is 9.94. The molecule has 0 radical (unpaired) electrons. The molecule has 2 aromatic rings. The Labute approximate surface area is 209 Å². The summed E-state index contributed by atoms with van der Waals surface area (Å²) in [5, 5.41) is 4.77. The van der Waals surface area contributed by atoms with Crippen molar-refractivity contribution in [1.82, 2.24) is 4.90 Å². The third-order valence-corrected chi connectivity index (χ3v) is 6.17. The van der Waals surface area contributed by atoms with Crippen LogP contribution >= 0.6 is 11.8 Å². The lowest BCUT2D eigenvalue weighted by Gasteiger charge is -2.34. The number of rotatable bonds is 7. The molecule has 36 heavy (non-hydrogen) atoms. The molecule has 2 aliphatic heterocycles. The predicted molar refractivity (Wildman–Crippen MR) is 130 cm³/mol. The van der Waals surface area contributed by atoms with E-state index in [0.717, 1.165) is 6.07 Å². The lowest BCUT2D eigenvalue weighted by Crippen LogP contribution is -2.34. The van der Waals surface area contributed by atoms with Crippen LogP contribution in [-0.2, 0) is 20.5 Å². The third-order valence-electron chi connectivity index (χ3n) is 5.39. The molecular weight excluding hydrogens is 495 g/mol. The number of hydrogen-bond acceptors (Lipinski definition) is 7. The zero-order chi connectivity index (χ0) is 25.9. The number of fused-ring (bicyclic) bond motifs is 1. The molecule has 11 heteroatoms. The van der Waals surface area contributed by atoms with Crippen LogP contribution in [0.25, 0.3) is 0 Å². The minimum absolute atomic E-state index is 0.182. The van der Waals surface area contributed by atoms with Gasteiger partial charge in [-0.1, -0.05) is 42.1 Å². The maximum atomic E-state index is 13.3. The number of halogens is 3. The van der Waals surface area contributed by atoms with Crippen LogP contribution in [0.4, 0.5) is 18.9 Å². The first-order chi connectivity index (χ1) is 17.2. The van der Waals surface area contributed by atoms with Crippen molar-refractivity contribution in [3.05, 3.63) is 82.5 Å². The van der Waals surface area contributed by atoms with Crippen LogP contribution in [0.5, 0.6) is 5.75 Å². The molecule has 2 aromatic carbocycles. The summed E-state index contributed by atoms with van der Waals surface area (Å²) in [6, 6.07) is 10.9. The summed E-state index contributed by atoms with van der Waals surface area (Å²) in [5.74, 6) is -0.992. The van der Waals surface area contributed by atoms with E-state index >= 15 is 0 Å². The number of hydrogen-bond donors (Lipinski definition) is 1. The molecule has 1 amide bonds. The Morgan fingerprint density at radius 2 is 1.86 bits per heavy atom. The van der Waals surface area contributed by atoms with Gasteiger partial charge < -0.3 is 19.7 Å². The molecule has 0 saturated heterocycles. The van der Waals surface area contributed by atoms with Gasteiger partial charge in [0.1, 0.15) is 5.75 Å². The smallest absolute Gasteiger partial charge is 0.418 e. The molecule has 0 unspecified atom stereocenters. The fraction of sp³-hybridized carbons (Fsp3) is 0.240. The van der Waals surface area contributed by atoms with Crippen molar-refractivity contribution in [3.8, 4) is 5.75 Å². The van der Waals surface area contributed by atoms with Crippen LogP contribution in [-0.4, -0.2) is 35.2 Å². The van der Waals surface area contributed by atoms with Crippen molar-refractivity contribution >= 4 is 34.5 Å². The van der Waals surface area contributed by atoms with Crippen molar-refractivity contribution in [2.24, 2.45) is 4.99 Å². The number of nitrogens with zero attached hydrogens (tertiary/aromatic N) is 2. The SMILES string of the molecule is CCOC(=O)C1=C(C)N=C2SC=CN2[C@H]1c1ccccc1OCC(=O)Nc1ccccc1C(F)(F)F. The average Bonchev–Trinajstić information content (AvgIpc) is 3.30. The number of anilines is 1. The Kier molecular flexibility index (Phi) is 7.39. The highest BCUT2D eigenvalue weighted by Crippen LogP contribution is 2.43. The number of amides is 1. The van der Waals surface area contributed by atoms with E-state index in [1.807, 2.05) is 10.3 Å². The van der Waals surface area contributed by atoms with Gasteiger partial charge in [-0.15, -0.1) is 0 Å². The van der Waals surface area contributed by atoms with Crippen LogP contribution in [0.1, 0.15) is 31.0 Å². The van der Waals surface area contributed by atoms with E-state index in [2.05, 4.69) is 10.3 Å². The Morgan fingerprint density at radius 1 is 1.14 bits per heavy atom. The van der Waals surface area contributed by atoms with Crippen molar-refractivity contribution in [3.63, 3.8) is 0 Å². The number of carbonyl (C=O) groups excluding carboxylic acids is 2. The summed E-state index contributed by atoms with van der Waals surface area (Å²) >= 11 is 1.40. The number of benzene rings is 2. The molecule has 0 aromatic heterocycles. The standard InChI is InChI=1S/C25H22F3N3O4S/c1-3-34-23(33)21-15(2)29-24-31(12-13-36-24)22(21)16-8-4-7-11-19(16)35-14-20(32)30-18-10-6-5-9-17(18)25(26,27)28/h4-13,22H,3,14H2,1-2H3,(H,30,32)/t22-/m0/s1. The number of amidine groups is 1. The van der Waals surface area contributed by atoms with Gasteiger partial charge in [0.2, 0.25) is 0 Å². The Bertz CT molecular complexity index is 1270. The number of carbonyl (C=O) groups is 2. The molecule has 0 spiro atoms. The second kappa shape index (κ2) is 10.5. The second-order valence-electron chi connectivity index (χ2n) is 7.74. The lowest BCUT2D eigenvalue weighted by molar-refractivity contribution is -0.139. The fourth-order valence-corrected chi connectivity index (χ4v) is 4.67. The maximum Gasteiger partial charge on any atom is 0.418 e. The number of aliphatic imine (C=N–C) groups is 1. The minimum atomic E-state index is -4.62. The van der Waals surface area contributed by atoms with E-state index < -0.39 is 36.3 Å². The van der Waals surface area contributed by atoms with Gasteiger partial charge in [0.25, 0.3) is 5.91 Å². The molecule has 7 nitrogen and oxygen atoms in total. The largest absolute Gasteiger partial charge is 0.483 e. The number of nitrogens with one attached hydrogen (secondary N) is 1. The molecule has 2 heterocycles. The van der Waals surface area contributed by atoms with E-state index in [4.69, 9.17) is 9.47 Å². The number of alkyl halides is 3. The molecule has 1 N–H and O–H groups in total. The Morgan fingerprint density at radius 3 is 2.61 bits per heavy atom. The highest BCUT2D eigenvalue weighted by Gasteiger charge is 2.39. The van der Waals surface area contributed by atoms with Crippen LogP contribution in [0.15, 0.2) is 76.4 Å². The first-order valence-corrected chi connectivity index (χ1v) is 11.8. The molecular formula is C25H22F3N3O4S. The topological polar surface area (TPSA) is 80.2 Å². The average molecular weight is 518 g/mol.